The molecule has 0 saturated carbocycles. The zero-order chi connectivity index (χ0) is 15.9. The molecule has 0 aromatic heterocycles. The highest BCUT2D eigenvalue weighted by Crippen LogP contribution is 2.09. The van der Waals surface area contributed by atoms with E-state index in [1.807, 2.05) is 18.2 Å². The molecule has 0 atom stereocenters. The molecule has 2 heteroatoms. The Balaban J connectivity index is 1.89. The van der Waals surface area contributed by atoms with E-state index < -0.39 is 0 Å². The number of hydrogen-bond acceptors (Lipinski definition) is 2. The van der Waals surface area contributed by atoms with Crippen molar-refractivity contribution in [3.05, 3.63) is 48.6 Å². The van der Waals surface area contributed by atoms with Gasteiger partial charge in [-0.3, -0.25) is 0 Å². The quantitative estimate of drug-likeness (QED) is 0.339. The zero-order valence-corrected chi connectivity index (χ0v) is 13.4. The molecule has 0 aliphatic heterocycles. The van der Waals surface area contributed by atoms with Crippen LogP contribution in [0.25, 0.3) is 0 Å². The third-order valence-electron chi connectivity index (χ3n) is 3.39. The van der Waals surface area contributed by atoms with Gasteiger partial charge in [0.25, 0.3) is 0 Å². The van der Waals surface area contributed by atoms with Gasteiger partial charge in [-0.05, 0) is 31.1 Å². The Morgan fingerprint density at radius 1 is 1.00 bits per heavy atom. The molecular weight excluding hydrogens is 272 g/mol. The van der Waals surface area contributed by atoms with Crippen LogP contribution in [0.2, 0.25) is 0 Å². The second-order valence-corrected chi connectivity index (χ2v) is 5.25. The van der Waals surface area contributed by atoms with Gasteiger partial charge in [0.15, 0.2) is 0 Å². The lowest BCUT2D eigenvalue weighted by Crippen LogP contribution is -2.06. The van der Waals surface area contributed by atoms with E-state index in [1.54, 1.807) is 18.2 Å². The first-order chi connectivity index (χ1) is 10.8. The van der Waals surface area contributed by atoms with E-state index in [9.17, 15) is 4.79 Å². The number of carbonyl (C=O) groups excluding carboxylic acids is 1. The van der Waals surface area contributed by atoms with Crippen LogP contribution in [0.15, 0.2) is 43.0 Å². The first kappa shape index (κ1) is 18.0. The Labute approximate surface area is 134 Å². The highest BCUT2D eigenvalue weighted by atomic mass is 16.5. The van der Waals surface area contributed by atoms with Crippen molar-refractivity contribution in [1.29, 1.82) is 0 Å². The van der Waals surface area contributed by atoms with Crippen molar-refractivity contribution in [2.45, 2.75) is 51.4 Å². The minimum atomic E-state index is -0.221. The molecule has 2 nitrogen and oxygen atoms in total. The Hall–Kier alpha value is -2.01. The van der Waals surface area contributed by atoms with Crippen LogP contribution in [0.3, 0.4) is 0 Å². The number of esters is 1. The number of rotatable bonds is 10. The maximum absolute atomic E-state index is 11.7. The number of benzene rings is 1. The highest BCUT2D eigenvalue weighted by Gasteiger charge is 2.04. The Morgan fingerprint density at radius 2 is 1.64 bits per heavy atom. The summed E-state index contributed by atoms with van der Waals surface area (Å²) in [6.07, 6.45) is 10.8. The number of allylic oxidation sites excluding steroid dienone is 1. The molecule has 0 saturated heterocycles. The molecule has 0 aliphatic carbocycles. The molecule has 0 fully saturated rings. The summed E-state index contributed by atoms with van der Waals surface area (Å²) >= 11 is 0. The number of unbranched alkanes of at least 4 members (excludes halogenated alkanes) is 7. The molecule has 0 spiro atoms. The average molecular weight is 298 g/mol. The van der Waals surface area contributed by atoms with E-state index in [1.165, 1.54) is 32.1 Å². The lowest BCUT2D eigenvalue weighted by atomic mass is 10.1. The molecule has 118 valence electrons. The fourth-order valence-corrected chi connectivity index (χ4v) is 2.17. The number of hydrogen-bond donors (Lipinski definition) is 0. The monoisotopic (exact) mass is 298 g/mol. The number of ether oxygens (including phenoxy) is 1. The first-order valence-corrected chi connectivity index (χ1v) is 8.16. The van der Waals surface area contributed by atoms with Crippen molar-refractivity contribution >= 4 is 5.97 Å². The van der Waals surface area contributed by atoms with Crippen LogP contribution in [0, 0.1) is 11.8 Å². The lowest BCUT2D eigenvalue weighted by molar-refractivity contribution is 0.0497. The van der Waals surface area contributed by atoms with Crippen LogP contribution >= 0.6 is 0 Å². The van der Waals surface area contributed by atoms with Crippen molar-refractivity contribution in [3.63, 3.8) is 0 Å². The van der Waals surface area contributed by atoms with E-state index in [2.05, 4.69) is 18.4 Å². The SMILES string of the molecule is C=CC#CCCCCCCCCCOC(=O)c1ccccc1. The second kappa shape index (κ2) is 12.7. The summed E-state index contributed by atoms with van der Waals surface area (Å²) in [7, 11) is 0. The van der Waals surface area contributed by atoms with Gasteiger partial charge in [-0.15, -0.1) is 0 Å². The van der Waals surface area contributed by atoms with Crippen LogP contribution < -0.4 is 0 Å². The highest BCUT2D eigenvalue weighted by molar-refractivity contribution is 5.89. The van der Waals surface area contributed by atoms with E-state index in [0.717, 1.165) is 19.3 Å². The van der Waals surface area contributed by atoms with Gasteiger partial charge in [0.1, 0.15) is 0 Å². The summed E-state index contributed by atoms with van der Waals surface area (Å²) in [6.45, 7) is 4.09. The van der Waals surface area contributed by atoms with Crippen LogP contribution in [-0.2, 0) is 4.74 Å². The summed E-state index contributed by atoms with van der Waals surface area (Å²) in [4.78, 5) is 11.7. The maximum atomic E-state index is 11.7. The summed E-state index contributed by atoms with van der Waals surface area (Å²) < 4.78 is 5.25. The van der Waals surface area contributed by atoms with E-state index >= 15 is 0 Å². The predicted octanol–water partition coefficient (Wildman–Crippen LogP) is 5.15. The molecule has 0 aliphatic rings. The standard InChI is InChI=1S/C20H26O2/c1-2-3-4-5-6-7-8-9-10-11-15-18-22-20(21)19-16-13-12-14-17-19/h2,12-14,16-17H,1,5-11,15,18H2. The molecule has 0 bridgehead atoms. The molecular formula is C20H26O2. The van der Waals surface area contributed by atoms with Gasteiger partial charge < -0.3 is 4.74 Å². The van der Waals surface area contributed by atoms with Gasteiger partial charge >= 0.3 is 5.97 Å². The zero-order valence-electron chi connectivity index (χ0n) is 13.4. The van der Waals surface area contributed by atoms with Gasteiger partial charge in [-0.2, -0.15) is 0 Å². The molecule has 0 heterocycles. The van der Waals surface area contributed by atoms with Gasteiger partial charge in [0, 0.05) is 6.42 Å². The summed E-state index contributed by atoms with van der Waals surface area (Å²) in [5, 5.41) is 0. The summed E-state index contributed by atoms with van der Waals surface area (Å²) in [6, 6.07) is 9.14. The molecule has 0 unspecified atom stereocenters. The van der Waals surface area contributed by atoms with Crippen LogP contribution in [0.1, 0.15) is 61.7 Å². The third kappa shape index (κ3) is 9.02. The van der Waals surface area contributed by atoms with Crippen LogP contribution in [-0.4, -0.2) is 12.6 Å². The van der Waals surface area contributed by atoms with Crippen LogP contribution in [0.5, 0.6) is 0 Å². The normalized spacial score (nSPS) is 9.64. The molecule has 0 radical (unpaired) electrons. The van der Waals surface area contributed by atoms with Crippen molar-refractivity contribution in [2.75, 3.05) is 6.61 Å². The van der Waals surface area contributed by atoms with Gasteiger partial charge in [0.2, 0.25) is 0 Å². The molecule has 1 aromatic carbocycles. The lowest BCUT2D eigenvalue weighted by Gasteiger charge is -2.04. The van der Waals surface area contributed by atoms with Gasteiger partial charge in [-0.25, -0.2) is 4.79 Å². The number of carbonyl (C=O) groups is 1. The van der Waals surface area contributed by atoms with E-state index in [4.69, 9.17) is 4.74 Å². The third-order valence-corrected chi connectivity index (χ3v) is 3.39. The van der Waals surface area contributed by atoms with Gasteiger partial charge in [0.05, 0.1) is 12.2 Å². The van der Waals surface area contributed by atoms with Crippen LogP contribution in [0.4, 0.5) is 0 Å². The Bertz CT molecular complexity index is 479. The van der Waals surface area contributed by atoms with E-state index in [0.29, 0.717) is 12.2 Å². The molecule has 1 aromatic rings. The summed E-state index contributed by atoms with van der Waals surface area (Å²) in [5.74, 6) is 5.71. The topological polar surface area (TPSA) is 26.3 Å². The minimum absolute atomic E-state index is 0.221. The minimum Gasteiger partial charge on any atom is -0.462 e. The molecule has 22 heavy (non-hydrogen) atoms. The van der Waals surface area contributed by atoms with Crippen molar-refractivity contribution in [3.8, 4) is 11.8 Å². The van der Waals surface area contributed by atoms with Crippen molar-refractivity contribution in [2.24, 2.45) is 0 Å². The smallest absolute Gasteiger partial charge is 0.338 e. The predicted molar refractivity (Wildman–Crippen MR) is 91.6 cm³/mol. The Morgan fingerprint density at radius 3 is 2.32 bits per heavy atom. The fraction of sp³-hybridized carbons (Fsp3) is 0.450. The average Bonchev–Trinajstić information content (AvgIpc) is 2.56. The van der Waals surface area contributed by atoms with Crippen molar-refractivity contribution < 1.29 is 9.53 Å². The Kier molecular flexibility index (Phi) is 10.4. The molecule has 0 amide bonds. The molecule has 0 N–H and O–H groups in total. The largest absolute Gasteiger partial charge is 0.462 e. The fourth-order valence-electron chi connectivity index (χ4n) is 2.17. The van der Waals surface area contributed by atoms with Gasteiger partial charge in [-0.1, -0.05) is 68.7 Å². The maximum Gasteiger partial charge on any atom is 0.338 e. The molecule has 1 rings (SSSR count). The summed E-state index contributed by atoms with van der Waals surface area (Å²) in [5.41, 5.74) is 0.627. The van der Waals surface area contributed by atoms with E-state index in [-0.39, 0.29) is 5.97 Å². The second-order valence-electron chi connectivity index (χ2n) is 5.25. The first-order valence-electron chi connectivity index (χ1n) is 8.16. The van der Waals surface area contributed by atoms with Crippen molar-refractivity contribution in [1.82, 2.24) is 0 Å².